The molecule has 1 aliphatic rings. The molecule has 3 aromatic rings. The topological polar surface area (TPSA) is 91.9 Å². The molecular formula is C21H12NO5-. The maximum atomic E-state index is 12.0. The monoisotopic (exact) mass is 358 g/mol. The van der Waals surface area contributed by atoms with Crippen molar-refractivity contribution in [2.75, 3.05) is 0 Å². The maximum absolute atomic E-state index is 12.0. The molecule has 0 saturated carbocycles. The Morgan fingerprint density at radius 1 is 0.926 bits per heavy atom. The van der Waals surface area contributed by atoms with Crippen LogP contribution in [-0.2, 0) is 9.53 Å². The highest BCUT2D eigenvalue weighted by Crippen LogP contribution is 2.25. The molecule has 0 amide bonds. The van der Waals surface area contributed by atoms with Gasteiger partial charge in [-0.25, -0.2) is 9.79 Å². The van der Waals surface area contributed by atoms with E-state index in [4.69, 9.17) is 9.15 Å². The summed E-state index contributed by atoms with van der Waals surface area (Å²) in [6.45, 7) is 0. The molecule has 0 unspecified atom stereocenters. The van der Waals surface area contributed by atoms with Crippen molar-refractivity contribution >= 4 is 23.9 Å². The van der Waals surface area contributed by atoms with Crippen LogP contribution in [0.15, 0.2) is 81.8 Å². The third kappa shape index (κ3) is 3.41. The molecule has 2 aromatic carbocycles. The number of carboxylic acid groups (broad SMARTS) is 1. The summed E-state index contributed by atoms with van der Waals surface area (Å²) in [5, 5.41) is 10.8. The number of benzene rings is 2. The molecule has 132 valence electrons. The first kappa shape index (κ1) is 16.5. The largest absolute Gasteiger partial charge is 0.545 e. The van der Waals surface area contributed by atoms with E-state index in [-0.39, 0.29) is 17.2 Å². The van der Waals surface area contributed by atoms with Crippen molar-refractivity contribution in [1.82, 2.24) is 0 Å². The van der Waals surface area contributed by atoms with Gasteiger partial charge in [0.15, 0.2) is 5.70 Å². The lowest BCUT2D eigenvalue weighted by Gasteiger charge is -2.02. The van der Waals surface area contributed by atoms with Gasteiger partial charge in [-0.05, 0) is 29.8 Å². The zero-order chi connectivity index (χ0) is 18.8. The van der Waals surface area contributed by atoms with Gasteiger partial charge in [0, 0.05) is 17.2 Å². The molecule has 4 rings (SSSR count). The van der Waals surface area contributed by atoms with Gasteiger partial charge in [0.05, 0.1) is 5.97 Å². The summed E-state index contributed by atoms with van der Waals surface area (Å²) in [5.74, 6) is -0.579. The molecule has 0 spiro atoms. The average molecular weight is 358 g/mol. The highest BCUT2D eigenvalue weighted by molar-refractivity contribution is 6.12. The second kappa shape index (κ2) is 6.76. The molecule has 27 heavy (non-hydrogen) atoms. The molecule has 6 nitrogen and oxygen atoms in total. The predicted octanol–water partition coefficient (Wildman–Crippen LogP) is 2.65. The standard InChI is InChI=1S/C21H13NO5/c23-20(24)15-8-6-13(7-9-15)18-11-10-16(26-18)12-17-21(25)27-19(22-17)14-4-2-1-3-5-14/h1-12H,(H,23,24)/p-1/b17-12-. The van der Waals surface area contributed by atoms with Crippen molar-refractivity contribution in [2.45, 2.75) is 0 Å². The highest BCUT2D eigenvalue weighted by Gasteiger charge is 2.24. The summed E-state index contributed by atoms with van der Waals surface area (Å²) >= 11 is 0. The maximum Gasteiger partial charge on any atom is 0.363 e. The Morgan fingerprint density at radius 3 is 2.37 bits per heavy atom. The van der Waals surface area contributed by atoms with Gasteiger partial charge in [-0.15, -0.1) is 0 Å². The van der Waals surface area contributed by atoms with E-state index in [0.29, 0.717) is 22.6 Å². The number of ether oxygens (including phenoxy) is 1. The molecule has 0 N–H and O–H groups in total. The van der Waals surface area contributed by atoms with E-state index < -0.39 is 11.9 Å². The van der Waals surface area contributed by atoms with Crippen molar-refractivity contribution in [3.8, 4) is 11.3 Å². The van der Waals surface area contributed by atoms with Crippen LogP contribution in [0.3, 0.4) is 0 Å². The number of carbonyl (C=O) groups excluding carboxylic acids is 2. The Balaban J connectivity index is 1.59. The van der Waals surface area contributed by atoms with E-state index in [2.05, 4.69) is 4.99 Å². The first-order valence-electron chi connectivity index (χ1n) is 8.10. The first-order chi connectivity index (χ1) is 13.1. The Hall–Kier alpha value is -3.93. The Bertz CT molecular complexity index is 1080. The van der Waals surface area contributed by atoms with Gasteiger partial charge in [0.25, 0.3) is 0 Å². The smallest absolute Gasteiger partial charge is 0.363 e. The van der Waals surface area contributed by atoms with E-state index in [1.807, 2.05) is 18.2 Å². The molecule has 6 heteroatoms. The number of hydrogen-bond acceptors (Lipinski definition) is 6. The van der Waals surface area contributed by atoms with Crippen LogP contribution in [0.1, 0.15) is 21.7 Å². The number of esters is 1. The summed E-state index contributed by atoms with van der Waals surface area (Å²) in [7, 11) is 0. The molecule has 0 fully saturated rings. The number of carboxylic acids is 1. The predicted molar refractivity (Wildman–Crippen MR) is 95.5 cm³/mol. The minimum atomic E-state index is -1.24. The van der Waals surface area contributed by atoms with E-state index >= 15 is 0 Å². The van der Waals surface area contributed by atoms with Gasteiger partial charge >= 0.3 is 5.97 Å². The molecular weight excluding hydrogens is 346 g/mol. The minimum absolute atomic E-state index is 0.0872. The van der Waals surface area contributed by atoms with Crippen molar-refractivity contribution in [2.24, 2.45) is 4.99 Å². The fraction of sp³-hybridized carbons (Fsp3) is 0. The van der Waals surface area contributed by atoms with Gasteiger partial charge in [0.2, 0.25) is 5.90 Å². The van der Waals surface area contributed by atoms with Crippen LogP contribution in [0.2, 0.25) is 0 Å². The summed E-state index contributed by atoms with van der Waals surface area (Å²) < 4.78 is 10.9. The van der Waals surface area contributed by atoms with E-state index in [9.17, 15) is 14.7 Å². The van der Waals surface area contributed by atoms with E-state index in [1.165, 1.54) is 18.2 Å². The Morgan fingerprint density at radius 2 is 1.67 bits per heavy atom. The summed E-state index contributed by atoms with van der Waals surface area (Å²) in [5.41, 5.74) is 1.64. The number of aliphatic imine (C=N–C) groups is 1. The number of hydrogen-bond donors (Lipinski definition) is 0. The van der Waals surface area contributed by atoms with E-state index in [1.54, 1.807) is 36.4 Å². The number of cyclic esters (lactones) is 1. The lowest BCUT2D eigenvalue weighted by atomic mass is 10.1. The highest BCUT2D eigenvalue weighted by atomic mass is 16.6. The molecule has 1 aromatic heterocycles. The summed E-state index contributed by atoms with van der Waals surface area (Å²) in [4.78, 5) is 27.1. The van der Waals surface area contributed by atoms with Gasteiger partial charge in [-0.2, -0.15) is 0 Å². The number of carbonyl (C=O) groups is 2. The minimum Gasteiger partial charge on any atom is -0.545 e. The third-order valence-corrected chi connectivity index (χ3v) is 3.95. The molecule has 0 radical (unpaired) electrons. The van der Waals surface area contributed by atoms with Gasteiger partial charge in [-0.3, -0.25) is 0 Å². The average Bonchev–Trinajstić information content (AvgIpc) is 3.30. The van der Waals surface area contributed by atoms with Crippen LogP contribution in [0, 0.1) is 0 Å². The van der Waals surface area contributed by atoms with Crippen molar-refractivity contribution in [3.05, 3.63) is 89.3 Å². The van der Waals surface area contributed by atoms with Crippen LogP contribution in [-0.4, -0.2) is 17.8 Å². The van der Waals surface area contributed by atoms with Crippen molar-refractivity contribution in [1.29, 1.82) is 0 Å². The number of rotatable bonds is 4. The fourth-order valence-electron chi connectivity index (χ4n) is 2.60. The summed E-state index contributed by atoms with van der Waals surface area (Å²) in [6.07, 6.45) is 1.50. The van der Waals surface area contributed by atoms with Crippen LogP contribution < -0.4 is 5.11 Å². The second-order valence-corrected chi connectivity index (χ2v) is 5.77. The molecule has 2 heterocycles. The van der Waals surface area contributed by atoms with Crippen LogP contribution >= 0.6 is 0 Å². The van der Waals surface area contributed by atoms with Crippen molar-refractivity contribution in [3.63, 3.8) is 0 Å². The third-order valence-electron chi connectivity index (χ3n) is 3.95. The number of aromatic carboxylic acids is 1. The normalized spacial score (nSPS) is 14.9. The van der Waals surface area contributed by atoms with E-state index in [0.717, 1.165) is 0 Å². The summed E-state index contributed by atoms with van der Waals surface area (Å²) in [6, 6.07) is 18.7. The molecule has 0 bridgehead atoms. The Kier molecular flexibility index (Phi) is 4.14. The quantitative estimate of drug-likeness (QED) is 0.528. The SMILES string of the molecule is O=C1OC(c2ccccc2)=N/C1=C\c1ccc(-c2ccc(C(=O)[O-])cc2)o1. The molecule has 0 atom stereocenters. The fourth-order valence-corrected chi connectivity index (χ4v) is 2.60. The lowest BCUT2D eigenvalue weighted by molar-refractivity contribution is -0.255. The van der Waals surface area contributed by atoms with Crippen LogP contribution in [0.25, 0.3) is 17.4 Å². The Labute approximate surface area is 154 Å². The van der Waals surface area contributed by atoms with Crippen LogP contribution in [0.5, 0.6) is 0 Å². The van der Waals surface area contributed by atoms with Gasteiger partial charge < -0.3 is 19.1 Å². The zero-order valence-electron chi connectivity index (χ0n) is 13.9. The number of furan rings is 1. The number of nitrogens with zero attached hydrogens (tertiary/aromatic N) is 1. The first-order valence-corrected chi connectivity index (χ1v) is 8.10. The molecule has 0 aliphatic carbocycles. The zero-order valence-corrected chi connectivity index (χ0v) is 13.9. The van der Waals surface area contributed by atoms with Gasteiger partial charge in [0.1, 0.15) is 11.5 Å². The van der Waals surface area contributed by atoms with Gasteiger partial charge in [-0.1, -0.05) is 42.5 Å². The lowest BCUT2D eigenvalue weighted by Crippen LogP contribution is -2.21. The van der Waals surface area contributed by atoms with Crippen molar-refractivity contribution < 1.29 is 23.8 Å². The molecule has 0 saturated heterocycles. The molecule has 1 aliphatic heterocycles. The van der Waals surface area contributed by atoms with Crippen LogP contribution in [0.4, 0.5) is 0 Å². The second-order valence-electron chi connectivity index (χ2n) is 5.77.